The van der Waals surface area contributed by atoms with Crippen molar-refractivity contribution in [3.63, 3.8) is 0 Å². The van der Waals surface area contributed by atoms with Crippen LogP contribution in [0.1, 0.15) is 27.7 Å². The van der Waals surface area contributed by atoms with Gasteiger partial charge in [-0.25, -0.2) is 9.59 Å². The Kier molecular flexibility index (Phi) is 5.74. The van der Waals surface area contributed by atoms with Gasteiger partial charge in [-0.1, -0.05) is 13.8 Å². The molecule has 1 N–H and O–H groups in total. The van der Waals surface area contributed by atoms with E-state index in [0.29, 0.717) is 0 Å². The summed E-state index contributed by atoms with van der Waals surface area (Å²) in [6.07, 6.45) is -0.826. The number of carbonyl (C=O) groups excluding carboxylic acids is 2. The van der Waals surface area contributed by atoms with Gasteiger partial charge in [0.25, 0.3) is 0 Å². The minimum absolute atomic E-state index is 0.0460. The summed E-state index contributed by atoms with van der Waals surface area (Å²) in [5.41, 5.74) is 0. The summed E-state index contributed by atoms with van der Waals surface area (Å²) >= 11 is 0. The normalized spacial score (nSPS) is 12.5. The van der Waals surface area contributed by atoms with Gasteiger partial charge in [0.1, 0.15) is 6.04 Å². The van der Waals surface area contributed by atoms with Gasteiger partial charge in [-0.3, -0.25) is 0 Å². The first-order valence-corrected chi connectivity index (χ1v) is 4.93. The largest absolute Gasteiger partial charge is 0.461 e. The Morgan fingerprint density at radius 1 is 1.13 bits per heavy atom. The average molecular weight is 217 g/mol. The fourth-order valence-electron chi connectivity index (χ4n) is 0.989. The molecule has 5 nitrogen and oxygen atoms in total. The highest BCUT2D eigenvalue weighted by molar-refractivity contribution is 5.81. The fraction of sp³-hybridized carbons (Fsp3) is 0.800. The number of nitrogens with one attached hydrogen (secondary N) is 1. The molecular formula is C10H19NO4. The number of methoxy groups -OCH3 is 1. The molecule has 0 spiro atoms. The third kappa shape index (κ3) is 5.24. The zero-order valence-corrected chi connectivity index (χ0v) is 9.87. The van der Waals surface area contributed by atoms with Crippen molar-refractivity contribution in [3.05, 3.63) is 0 Å². The molecule has 0 aliphatic heterocycles. The van der Waals surface area contributed by atoms with Crippen molar-refractivity contribution in [1.82, 2.24) is 5.32 Å². The van der Waals surface area contributed by atoms with E-state index >= 15 is 0 Å². The minimum atomic E-state index is -0.667. The summed E-state index contributed by atoms with van der Waals surface area (Å²) in [4.78, 5) is 22.5. The highest BCUT2D eigenvalue weighted by atomic mass is 16.6. The lowest BCUT2D eigenvalue weighted by molar-refractivity contribution is -0.151. The topological polar surface area (TPSA) is 64.6 Å². The number of alkyl carbamates (subject to hydrolysis) is 1. The van der Waals surface area contributed by atoms with E-state index in [4.69, 9.17) is 4.74 Å². The molecule has 1 unspecified atom stereocenters. The molecule has 0 aliphatic rings. The van der Waals surface area contributed by atoms with Crippen LogP contribution in [-0.4, -0.2) is 31.3 Å². The molecule has 0 aromatic rings. The van der Waals surface area contributed by atoms with E-state index in [1.807, 2.05) is 13.8 Å². The molecule has 1 amide bonds. The maximum atomic E-state index is 11.6. The second-order valence-electron chi connectivity index (χ2n) is 3.84. The third-order valence-corrected chi connectivity index (χ3v) is 1.73. The second-order valence-corrected chi connectivity index (χ2v) is 3.84. The number of rotatable bonds is 4. The molecule has 0 radical (unpaired) electrons. The predicted molar refractivity (Wildman–Crippen MR) is 55.4 cm³/mol. The van der Waals surface area contributed by atoms with Crippen LogP contribution in [0.3, 0.4) is 0 Å². The zero-order valence-electron chi connectivity index (χ0n) is 9.87. The molecule has 88 valence electrons. The van der Waals surface area contributed by atoms with Crippen molar-refractivity contribution >= 4 is 12.1 Å². The van der Waals surface area contributed by atoms with Crippen molar-refractivity contribution in [2.24, 2.45) is 5.92 Å². The van der Waals surface area contributed by atoms with Gasteiger partial charge in [0.2, 0.25) is 0 Å². The average Bonchev–Trinajstić information content (AvgIpc) is 2.11. The van der Waals surface area contributed by atoms with Gasteiger partial charge in [0.05, 0.1) is 13.2 Å². The molecule has 15 heavy (non-hydrogen) atoms. The maximum absolute atomic E-state index is 11.6. The predicted octanol–water partition coefficient (Wildman–Crippen LogP) is 1.32. The van der Waals surface area contributed by atoms with Crippen molar-refractivity contribution < 1.29 is 19.1 Å². The summed E-state index contributed by atoms with van der Waals surface area (Å²) in [5, 5.41) is 2.44. The van der Waals surface area contributed by atoms with Crippen LogP contribution in [-0.2, 0) is 14.3 Å². The molecular weight excluding hydrogens is 198 g/mol. The van der Waals surface area contributed by atoms with Crippen LogP contribution in [0.2, 0.25) is 0 Å². The van der Waals surface area contributed by atoms with Crippen molar-refractivity contribution in [2.45, 2.75) is 39.8 Å². The van der Waals surface area contributed by atoms with Crippen molar-refractivity contribution in [1.29, 1.82) is 0 Å². The van der Waals surface area contributed by atoms with E-state index in [0.717, 1.165) is 0 Å². The number of carbonyl (C=O) groups is 2. The lowest BCUT2D eigenvalue weighted by atomic mass is 10.1. The first-order chi connectivity index (χ1) is 6.88. The zero-order chi connectivity index (χ0) is 12.0. The summed E-state index contributed by atoms with van der Waals surface area (Å²) < 4.78 is 9.44. The molecule has 5 heteroatoms. The van der Waals surface area contributed by atoms with Crippen molar-refractivity contribution in [2.75, 3.05) is 7.11 Å². The second kappa shape index (κ2) is 6.27. The Balaban J connectivity index is 4.39. The van der Waals surface area contributed by atoms with Crippen LogP contribution in [0.4, 0.5) is 4.79 Å². The van der Waals surface area contributed by atoms with Gasteiger partial charge in [0.15, 0.2) is 0 Å². The number of hydrogen-bond donors (Lipinski definition) is 1. The molecule has 0 heterocycles. The Hall–Kier alpha value is -1.26. The standard InChI is InChI=1S/C10H19NO4/c1-6(2)8(11-10(13)14-5)9(12)15-7(3)4/h6-8H,1-5H3,(H,11,13). The molecule has 0 saturated heterocycles. The van der Waals surface area contributed by atoms with Gasteiger partial charge in [-0.05, 0) is 19.8 Å². The number of amides is 1. The summed E-state index contributed by atoms with van der Waals surface area (Å²) in [6.45, 7) is 7.16. The molecule has 0 aliphatic carbocycles. The summed E-state index contributed by atoms with van der Waals surface area (Å²) in [5.74, 6) is -0.485. The monoisotopic (exact) mass is 217 g/mol. The van der Waals surface area contributed by atoms with Crippen LogP contribution in [0.25, 0.3) is 0 Å². The molecule has 0 saturated carbocycles. The summed E-state index contributed by atoms with van der Waals surface area (Å²) in [6, 6.07) is -0.667. The lowest BCUT2D eigenvalue weighted by Gasteiger charge is -2.21. The minimum Gasteiger partial charge on any atom is -0.461 e. The van der Waals surface area contributed by atoms with Crippen LogP contribution in [0, 0.1) is 5.92 Å². The quantitative estimate of drug-likeness (QED) is 0.721. The highest BCUT2D eigenvalue weighted by Gasteiger charge is 2.26. The van der Waals surface area contributed by atoms with Gasteiger partial charge < -0.3 is 14.8 Å². The van der Waals surface area contributed by atoms with Gasteiger partial charge >= 0.3 is 12.1 Å². The lowest BCUT2D eigenvalue weighted by Crippen LogP contribution is -2.45. The Morgan fingerprint density at radius 2 is 1.67 bits per heavy atom. The first kappa shape index (κ1) is 13.7. The van der Waals surface area contributed by atoms with E-state index in [2.05, 4.69) is 10.1 Å². The smallest absolute Gasteiger partial charge is 0.407 e. The molecule has 0 aromatic heterocycles. The number of ether oxygens (including phenoxy) is 2. The van der Waals surface area contributed by atoms with E-state index in [9.17, 15) is 9.59 Å². The maximum Gasteiger partial charge on any atom is 0.407 e. The van der Waals surface area contributed by atoms with Crippen LogP contribution >= 0.6 is 0 Å². The number of hydrogen-bond acceptors (Lipinski definition) is 4. The highest BCUT2D eigenvalue weighted by Crippen LogP contribution is 2.05. The van der Waals surface area contributed by atoms with E-state index in [1.54, 1.807) is 13.8 Å². The van der Waals surface area contributed by atoms with Gasteiger partial charge in [-0.15, -0.1) is 0 Å². The van der Waals surface area contributed by atoms with Crippen LogP contribution < -0.4 is 5.32 Å². The van der Waals surface area contributed by atoms with Crippen LogP contribution in [0.5, 0.6) is 0 Å². The van der Waals surface area contributed by atoms with Gasteiger partial charge in [0, 0.05) is 0 Å². The molecule has 0 fully saturated rings. The molecule has 0 rings (SSSR count). The number of esters is 1. The molecule has 0 aromatic carbocycles. The fourth-order valence-corrected chi connectivity index (χ4v) is 0.989. The Morgan fingerprint density at radius 3 is 2.00 bits per heavy atom. The van der Waals surface area contributed by atoms with E-state index < -0.39 is 18.1 Å². The SMILES string of the molecule is COC(=O)NC(C(=O)OC(C)C)C(C)C. The van der Waals surface area contributed by atoms with Crippen LogP contribution in [0.15, 0.2) is 0 Å². The Labute approximate surface area is 90.1 Å². The summed E-state index contributed by atoms with van der Waals surface area (Å²) in [7, 11) is 1.25. The Bertz CT molecular complexity index is 225. The van der Waals surface area contributed by atoms with E-state index in [1.165, 1.54) is 7.11 Å². The molecule has 0 bridgehead atoms. The molecule has 1 atom stereocenters. The van der Waals surface area contributed by atoms with Gasteiger partial charge in [-0.2, -0.15) is 0 Å². The third-order valence-electron chi connectivity index (χ3n) is 1.73. The first-order valence-electron chi connectivity index (χ1n) is 4.93. The van der Waals surface area contributed by atoms with E-state index in [-0.39, 0.29) is 12.0 Å². The van der Waals surface area contributed by atoms with Crippen molar-refractivity contribution in [3.8, 4) is 0 Å².